The number of carboxylic acid groups (broad SMARTS) is 1. The Morgan fingerprint density at radius 1 is 1.05 bits per heavy atom. The number of anilines is 1. The molecular formula is C30H31F3N2O4Si. The fraction of sp³-hybridized carbons (Fsp3) is 0.300. The second-order valence-electron chi connectivity index (χ2n) is 10.5. The van der Waals surface area contributed by atoms with Crippen LogP contribution in [0, 0.1) is 17.5 Å². The molecule has 0 saturated carbocycles. The maximum absolute atomic E-state index is 16.2. The summed E-state index contributed by atoms with van der Waals surface area (Å²) in [6.07, 6.45) is 6.28. The summed E-state index contributed by atoms with van der Waals surface area (Å²) >= 11 is 0. The van der Waals surface area contributed by atoms with E-state index in [1.807, 2.05) is 74.1 Å². The van der Waals surface area contributed by atoms with E-state index < -0.39 is 48.2 Å². The predicted octanol–water partition coefficient (Wildman–Crippen LogP) is 3.38. The third-order valence-electron chi connectivity index (χ3n) is 7.29. The van der Waals surface area contributed by atoms with Crippen molar-refractivity contribution in [2.24, 2.45) is 0 Å². The summed E-state index contributed by atoms with van der Waals surface area (Å²) in [6, 6.07) is 5.74. The number of carbonyl (C=O) groups excluding carboxylic acids is 3. The van der Waals surface area contributed by atoms with E-state index in [4.69, 9.17) is 9.59 Å². The zero-order valence-electron chi connectivity index (χ0n) is 23.5. The van der Waals surface area contributed by atoms with Gasteiger partial charge in [0.15, 0.2) is 17.3 Å². The Morgan fingerprint density at radius 2 is 1.68 bits per heavy atom. The predicted molar refractivity (Wildman–Crippen MR) is 148 cm³/mol. The van der Waals surface area contributed by atoms with Crippen molar-refractivity contribution in [1.29, 1.82) is 0 Å². The lowest BCUT2D eigenvalue weighted by atomic mass is 9.85. The van der Waals surface area contributed by atoms with E-state index in [-0.39, 0.29) is 18.1 Å². The second kappa shape index (κ2) is 11.6. The monoisotopic (exact) mass is 568 g/mol. The first-order chi connectivity index (χ1) is 18.7. The second-order valence-corrected chi connectivity index (χ2v) is 14.9. The maximum Gasteiger partial charge on any atom is 0.373 e. The number of aromatic carboxylic acids is 1. The molecule has 0 bridgehead atoms. The molecule has 4 rings (SSSR count). The first-order valence-electron chi connectivity index (χ1n) is 12.7. The number of nitrogens with zero attached hydrogens (tertiary/aromatic N) is 2. The summed E-state index contributed by atoms with van der Waals surface area (Å²) in [4.78, 5) is 30.4. The van der Waals surface area contributed by atoms with E-state index >= 15 is 8.78 Å². The lowest BCUT2D eigenvalue weighted by Crippen LogP contribution is -2.50. The van der Waals surface area contributed by atoms with Crippen LogP contribution < -0.4 is 15.2 Å². The van der Waals surface area contributed by atoms with Gasteiger partial charge in [-0.1, -0.05) is 32.5 Å². The van der Waals surface area contributed by atoms with Gasteiger partial charge in [0.05, 0.1) is 5.97 Å². The Bertz CT molecular complexity index is 1560. The molecule has 0 aromatic heterocycles. The molecule has 210 valence electrons. The van der Waals surface area contributed by atoms with Crippen molar-refractivity contribution in [2.45, 2.75) is 32.9 Å². The van der Waals surface area contributed by atoms with Crippen LogP contribution in [0.5, 0.6) is 0 Å². The number of benzene rings is 2. The number of hydrogen-bond acceptors (Lipinski definition) is 5. The van der Waals surface area contributed by atoms with Gasteiger partial charge in [0.1, 0.15) is 28.0 Å². The zero-order valence-corrected chi connectivity index (χ0v) is 24.5. The highest BCUT2D eigenvalue weighted by atomic mass is 28.3. The summed E-state index contributed by atoms with van der Waals surface area (Å²) in [6.45, 7) is 6.09. The number of carbonyl (C=O) groups is 1. The fourth-order valence-electron chi connectivity index (χ4n) is 5.26. The van der Waals surface area contributed by atoms with Gasteiger partial charge < -0.3 is 14.8 Å². The molecular weight excluding hydrogens is 537 g/mol. The van der Waals surface area contributed by atoms with Gasteiger partial charge in [-0.25, -0.2) is 17.7 Å². The van der Waals surface area contributed by atoms with Crippen molar-refractivity contribution in [2.75, 3.05) is 33.1 Å². The summed E-state index contributed by atoms with van der Waals surface area (Å²) in [5, 5.41) is 14.1. The van der Waals surface area contributed by atoms with Crippen LogP contribution in [0.1, 0.15) is 40.4 Å². The highest BCUT2D eigenvalue weighted by Gasteiger charge is 2.42. The summed E-state index contributed by atoms with van der Waals surface area (Å²) in [7, 11) is 5.27. The Hall–Kier alpha value is -4.01. The van der Waals surface area contributed by atoms with Crippen molar-refractivity contribution in [3.8, 4) is 0 Å². The molecule has 0 amide bonds. The summed E-state index contributed by atoms with van der Waals surface area (Å²) in [5.41, 5.74) is 1.38. The van der Waals surface area contributed by atoms with Crippen LogP contribution in [0.15, 0.2) is 47.2 Å². The Labute approximate surface area is 232 Å². The highest BCUT2D eigenvalue weighted by Crippen LogP contribution is 2.44. The largest absolute Gasteiger partial charge is 0.545 e. The molecule has 0 radical (unpaired) electrons. The number of rotatable bonds is 5. The molecule has 2 aromatic carbocycles. The number of carboxylic acids is 1. The smallest absolute Gasteiger partial charge is 0.373 e. The van der Waals surface area contributed by atoms with E-state index in [1.54, 1.807) is 6.92 Å². The van der Waals surface area contributed by atoms with Gasteiger partial charge in [0.25, 0.3) is 0 Å². The van der Waals surface area contributed by atoms with Gasteiger partial charge in [0, 0.05) is 48.6 Å². The van der Waals surface area contributed by atoms with Gasteiger partial charge in [-0.05, 0) is 51.7 Å². The molecule has 0 fully saturated rings. The number of halogens is 3. The van der Waals surface area contributed by atoms with Crippen LogP contribution in [0.3, 0.4) is 0 Å². The molecule has 10 heteroatoms. The molecule has 0 spiro atoms. The van der Waals surface area contributed by atoms with Crippen molar-refractivity contribution >= 4 is 42.4 Å². The molecule has 0 saturated heterocycles. The zero-order chi connectivity index (χ0) is 30.1. The van der Waals surface area contributed by atoms with Gasteiger partial charge >= 0.3 is 6.15 Å². The van der Waals surface area contributed by atoms with Crippen LogP contribution in [0.2, 0.25) is 13.1 Å². The Kier molecular flexibility index (Phi) is 8.86. The highest BCUT2D eigenvalue weighted by molar-refractivity contribution is 6.98. The van der Waals surface area contributed by atoms with E-state index in [1.165, 1.54) is 0 Å². The fourth-order valence-corrected chi connectivity index (χ4v) is 8.33. The topological polar surface area (TPSA) is 80.5 Å². The first kappa shape index (κ1) is 30.5. The van der Waals surface area contributed by atoms with E-state index in [9.17, 15) is 14.3 Å². The molecule has 6 nitrogen and oxygen atoms in total. The van der Waals surface area contributed by atoms with Crippen LogP contribution in [0.4, 0.5) is 18.9 Å². The molecule has 1 aliphatic heterocycles. The van der Waals surface area contributed by atoms with Crippen molar-refractivity contribution in [3.63, 3.8) is 0 Å². The lowest BCUT2D eigenvalue weighted by molar-refractivity contribution is -0.462. The average molecular weight is 569 g/mol. The SMILES string of the molecule is CCCc1c(F)c(F)c(C(=O)[O-])c(C2=C3C=CC(=[N+](C)C)C=C3[Si](C)(C)c3cc(N(C)C)ccc32)c1F.O=C=O. The summed E-state index contributed by atoms with van der Waals surface area (Å²) in [5.74, 6) is -6.07. The van der Waals surface area contributed by atoms with Gasteiger partial charge in [0.2, 0.25) is 0 Å². The molecule has 40 heavy (non-hydrogen) atoms. The third kappa shape index (κ3) is 5.12. The minimum Gasteiger partial charge on any atom is -0.545 e. The van der Waals surface area contributed by atoms with E-state index in [0.29, 0.717) is 17.6 Å². The van der Waals surface area contributed by atoms with Crippen LogP contribution in [-0.4, -0.2) is 58.7 Å². The normalized spacial score (nSPS) is 14.8. The van der Waals surface area contributed by atoms with Crippen molar-refractivity contribution < 1.29 is 37.2 Å². The average Bonchev–Trinajstić information content (AvgIpc) is 2.89. The lowest BCUT2D eigenvalue weighted by Gasteiger charge is -2.38. The van der Waals surface area contributed by atoms with Gasteiger partial charge in [-0.2, -0.15) is 9.59 Å². The molecule has 0 atom stereocenters. The molecule has 0 N–H and O–H groups in total. The van der Waals surface area contributed by atoms with Gasteiger partial charge in [-0.3, -0.25) is 0 Å². The van der Waals surface area contributed by atoms with Crippen LogP contribution in [0.25, 0.3) is 5.57 Å². The molecule has 0 unspecified atom stereocenters. The van der Waals surface area contributed by atoms with Crippen LogP contribution in [-0.2, 0) is 16.0 Å². The molecule has 2 aromatic rings. The minimum absolute atomic E-state index is 0.0682. The first-order valence-corrected chi connectivity index (χ1v) is 15.7. The Morgan fingerprint density at radius 3 is 2.20 bits per heavy atom. The van der Waals surface area contributed by atoms with E-state index in [2.05, 4.69) is 13.1 Å². The van der Waals surface area contributed by atoms with Gasteiger partial charge in [-0.15, -0.1) is 0 Å². The van der Waals surface area contributed by atoms with Crippen molar-refractivity contribution in [3.05, 3.63) is 86.9 Å². The van der Waals surface area contributed by atoms with Crippen LogP contribution >= 0.6 is 0 Å². The molecule has 1 heterocycles. The minimum atomic E-state index is -2.40. The number of fused-ring (bicyclic) bond motifs is 2. The summed E-state index contributed by atoms with van der Waals surface area (Å²) < 4.78 is 48.3. The van der Waals surface area contributed by atoms with Crippen molar-refractivity contribution in [1.82, 2.24) is 0 Å². The quantitative estimate of drug-likeness (QED) is 0.314. The molecule has 2 aliphatic rings. The third-order valence-corrected chi connectivity index (χ3v) is 10.8. The standard InChI is InChI=1S/C29H31F3N2O2Si.CO2/c1-8-9-20-26(30)24(25(29(35)36)28(32)27(20)31)23-18-12-10-16(33(2)3)14-21(18)37(6,7)22-15-17(34(4)5)11-13-19(22)23;2-1-3/h10-15H,8-9H2,1-7H3;. The number of hydrogen-bond donors (Lipinski definition) is 0. The Balaban J connectivity index is 0.00000141. The molecule has 1 aliphatic carbocycles. The maximum atomic E-state index is 16.2. The number of allylic oxidation sites excluding steroid dienone is 5. The van der Waals surface area contributed by atoms with E-state index in [0.717, 1.165) is 21.8 Å².